The second-order valence-electron chi connectivity index (χ2n) is 6.33. The van der Waals surface area contributed by atoms with Crippen LogP contribution in [-0.2, 0) is 11.2 Å². The predicted octanol–water partition coefficient (Wildman–Crippen LogP) is 0.881. The van der Waals surface area contributed by atoms with Gasteiger partial charge in [-0.2, -0.15) is 0 Å². The third kappa shape index (κ3) is 4.17. The maximum Gasteiger partial charge on any atom is 0.245 e. The number of benzene rings is 1. The van der Waals surface area contributed by atoms with E-state index in [1.54, 1.807) is 4.68 Å². The zero-order chi connectivity index (χ0) is 16.8. The van der Waals surface area contributed by atoms with Crippen LogP contribution in [0.1, 0.15) is 30.3 Å². The summed E-state index contributed by atoms with van der Waals surface area (Å²) in [5.41, 5.74) is 1.09. The van der Waals surface area contributed by atoms with Crippen molar-refractivity contribution in [1.29, 1.82) is 0 Å². The molecule has 0 bridgehead atoms. The minimum Gasteiger partial charge on any atom is -0.354 e. The van der Waals surface area contributed by atoms with E-state index in [2.05, 4.69) is 26.2 Å². The first-order chi connectivity index (χ1) is 11.7. The van der Waals surface area contributed by atoms with Gasteiger partial charge in [0, 0.05) is 13.0 Å². The Hall–Kier alpha value is -2.28. The summed E-state index contributed by atoms with van der Waals surface area (Å²) in [7, 11) is 0. The summed E-state index contributed by atoms with van der Waals surface area (Å²) in [6.07, 6.45) is 2.89. The molecule has 7 heteroatoms. The molecule has 3 rings (SSSR count). The smallest absolute Gasteiger partial charge is 0.245 e. The van der Waals surface area contributed by atoms with Gasteiger partial charge < -0.3 is 10.6 Å². The highest BCUT2D eigenvalue weighted by Crippen LogP contribution is 2.16. The molecule has 1 aliphatic heterocycles. The molecule has 1 saturated heterocycles. The Morgan fingerprint density at radius 2 is 2.25 bits per heavy atom. The molecule has 128 valence electrons. The number of tetrazole rings is 1. The number of carbonyl (C=O) groups excluding carboxylic acids is 1. The van der Waals surface area contributed by atoms with Gasteiger partial charge in [0.15, 0.2) is 0 Å². The number of amides is 1. The summed E-state index contributed by atoms with van der Waals surface area (Å²) in [5, 5.41) is 18.1. The maximum atomic E-state index is 12.8. The molecule has 2 atom stereocenters. The molecule has 1 aromatic carbocycles. The van der Waals surface area contributed by atoms with Crippen LogP contribution in [0.25, 0.3) is 0 Å². The summed E-state index contributed by atoms with van der Waals surface area (Å²) in [4.78, 5) is 12.8. The van der Waals surface area contributed by atoms with Crippen molar-refractivity contribution in [2.24, 2.45) is 5.92 Å². The van der Waals surface area contributed by atoms with Crippen molar-refractivity contribution < 1.29 is 4.79 Å². The van der Waals surface area contributed by atoms with Crippen LogP contribution in [0.4, 0.5) is 0 Å². The summed E-state index contributed by atoms with van der Waals surface area (Å²) >= 11 is 0. The van der Waals surface area contributed by atoms with E-state index in [1.807, 2.05) is 37.3 Å². The molecule has 1 aromatic heterocycles. The van der Waals surface area contributed by atoms with Gasteiger partial charge in [-0.1, -0.05) is 30.3 Å². The largest absolute Gasteiger partial charge is 0.354 e. The van der Waals surface area contributed by atoms with Gasteiger partial charge in [-0.25, -0.2) is 4.68 Å². The Bertz CT molecular complexity index is 650. The lowest BCUT2D eigenvalue weighted by molar-refractivity contribution is -0.124. The Morgan fingerprint density at radius 1 is 1.42 bits per heavy atom. The third-order valence-electron chi connectivity index (χ3n) is 4.49. The maximum absolute atomic E-state index is 12.8. The van der Waals surface area contributed by atoms with Gasteiger partial charge in [0.1, 0.15) is 11.9 Å². The highest BCUT2D eigenvalue weighted by atomic mass is 16.2. The van der Waals surface area contributed by atoms with Gasteiger partial charge in [-0.3, -0.25) is 4.79 Å². The predicted molar refractivity (Wildman–Crippen MR) is 90.3 cm³/mol. The first kappa shape index (κ1) is 16.6. The Labute approximate surface area is 141 Å². The van der Waals surface area contributed by atoms with Gasteiger partial charge in [0.25, 0.3) is 0 Å². The fourth-order valence-electron chi connectivity index (χ4n) is 3.11. The summed E-state index contributed by atoms with van der Waals surface area (Å²) in [6.45, 7) is 4.55. The molecule has 0 saturated carbocycles. The number of aryl methyl sites for hydroxylation is 1. The van der Waals surface area contributed by atoms with E-state index < -0.39 is 6.04 Å². The first-order valence-corrected chi connectivity index (χ1v) is 8.51. The van der Waals surface area contributed by atoms with Crippen molar-refractivity contribution in [1.82, 2.24) is 30.8 Å². The Kier molecular flexibility index (Phi) is 5.53. The number of nitrogens with one attached hydrogen (secondary N) is 2. The normalized spacial score (nSPS) is 19.0. The molecule has 1 amide bonds. The van der Waals surface area contributed by atoms with E-state index in [0.29, 0.717) is 24.7 Å². The van der Waals surface area contributed by atoms with E-state index in [-0.39, 0.29) is 5.91 Å². The fourth-order valence-corrected chi connectivity index (χ4v) is 3.11. The van der Waals surface area contributed by atoms with Crippen molar-refractivity contribution in [3.8, 4) is 0 Å². The fraction of sp³-hybridized carbons (Fsp3) is 0.529. The zero-order valence-corrected chi connectivity index (χ0v) is 14.0. The number of hydrogen-bond donors (Lipinski definition) is 2. The van der Waals surface area contributed by atoms with Crippen molar-refractivity contribution in [3.05, 3.63) is 41.7 Å². The van der Waals surface area contributed by atoms with Crippen LogP contribution >= 0.6 is 0 Å². The number of rotatable bonds is 6. The molecule has 1 aliphatic rings. The number of piperidine rings is 1. The molecular formula is C17H24N6O. The monoisotopic (exact) mass is 328 g/mol. The average molecular weight is 328 g/mol. The molecule has 2 heterocycles. The zero-order valence-electron chi connectivity index (χ0n) is 14.0. The molecule has 24 heavy (non-hydrogen) atoms. The number of aromatic nitrogens is 4. The number of hydrogen-bond acceptors (Lipinski definition) is 5. The molecule has 7 nitrogen and oxygen atoms in total. The van der Waals surface area contributed by atoms with Crippen LogP contribution in [0.3, 0.4) is 0 Å². The minimum absolute atomic E-state index is 0.0279. The van der Waals surface area contributed by atoms with E-state index in [0.717, 1.165) is 25.1 Å². The van der Waals surface area contributed by atoms with Crippen LogP contribution < -0.4 is 10.6 Å². The molecular weight excluding hydrogens is 304 g/mol. The SMILES string of the molecule is Cc1nnnn1C(Cc1ccccc1)C(=O)NCC1CCCNC1. The van der Waals surface area contributed by atoms with E-state index in [4.69, 9.17) is 0 Å². The van der Waals surface area contributed by atoms with Gasteiger partial charge in [-0.15, -0.1) is 5.10 Å². The van der Waals surface area contributed by atoms with Gasteiger partial charge in [0.2, 0.25) is 5.91 Å². The highest BCUT2D eigenvalue weighted by molar-refractivity contribution is 5.80. The van der Waals surface area contributed by atoms with E-state index in [1.165, 1.54) is 6.42 Å². The molecule has 2 N–H and O–H groups in total. The summed E-state index contributed by atoms with van der Waals surface area (Å²) < 4.78 is 1.61. The lowest BCUT2D eigenvalue weighted by Gasteiger charge is -2.24. The minimum atomic E-state index is -0.432. The Morgan fingerprint density at radius 3 is 2.92 bits per heavy atom. The van der Waals surface area contributed by atoms with Crippen LogP contribution in [0.5, 0.6) is 0 Å². The van der Waals surface area contributed by atoms with Gasteiger partial charge >= 0.3 is 0 Å². The average Bonchev–Trinajstić information content (AvgIpc) is 3.05. The van der Waals surface area contributed by atoms with Crippen molar-refractivity contribution >= 4 is 5.91 Å². The van der Waals surface area contributed by atoms with Crippen molar-refractivity contribution in [3.63, 3.8) is 0 Å². The van der Waals surface area contributed by atoms with Crippen LogP contribution in [-0.4, -0.2) is 45.7 Å². The van der Waals surface area contributed by atoms with Crippen LogP contribution in [0.15, 0.2) is 30.3 Å². The van der Waals surface area contributed by atoms with Crippen LogP contribution in [0.2, 0.25) is 0 Å². The number of nitrogens with zero attached hydrogens (tertiary/aromatic N) is 4. The Balaban J connectivity index is 1.69. The lowest BCUT2D eigenvalue weighted by Crippen LogP contribution is -2.41. The van der Waals surface area contributed by atoms with Gasteiger partial charge in [-0.05, 0) is 54.8 Å². The summed E-state index contributed by atoms with van der Waals surface area (Å²) in [6, 6.07) is 9.53. The van der Waals surface area contributed by atoms with Gasteiger partial charge in [0.05, 0.1) is 0 Å². The van der Waals surface area contributed by atoms with Crippen molar-refractivity contribution in [2.45, 2.75) is 32.2 Å². The first-order valence-electron chi connectivity index (χ1n) is 8.51. The van der Waals surface area contributed by atoms with Crippen LogP contribution in [0, 0.1) is 12.8 Å². The molecule has 0 aliphatic carbocycles. The van der Waals surface area contributed by atoms with E-state index >= 15 is 0 Å². The quantitative estimate of drug-likeness (QED) is 0.822. The van der Waals surface area contributed by atoms with E-state index in [9.17, 15) is 4.79 Å². The molecule has 2 unspecified atom stereocenters. The molecule has 0 spiro atoms. The molecule has 0 radical (unpaired) electrons. The van der Waals surface area contributed by atoms with Crippen molar-refractivity contribution in [2.75, 3.05) is 19.6 Å². The second kappa shape index (κ2) is 8.01. The molecule has 2 aromatic rings. The lowest BCUT2D eigenvalue weighted by atomic mass is 9.99. The highest BCUT2D eigenvalue weighted by Gasteiger charge is 2.25. The standard InChI is InChI=1S/C17H24N6O/c1-13-20-21-22-23(13)16(10-14-6-3-2-4-7-14)17(24)19-12-15-8-5-9-18-11-15/h2-4,6-7,15-16,18H,5,8-12H2,1H3,(H,19,24). The summed E-state index contributed by atoms with van der Waals surface area (Å²) in [5.74, 6) is 1.11. The number of carbonyl (C=O) groups is 1. The topological polar surface area (TPSA) is 84.7 Å². The second-order valence-corrected chi connectivity index (χ2v) is 6.33. The third-order valence-corrected chi connectivity index (χ3v) is 4.49. The molecule has 1 fully saturated rings.